The molecule has 0 aliphatic carbocycles. The summed E-state index contributed by atoms with van der Waals surface area (Å²) in [5.74, 6) is -0.116. The number of carbonyl (C=O) groups excluding carboxylic acids is 1. The maximum Gasteiger partial charge on any atom is 0.165 e. The fraction of sp³-hybridized carbons (Fsp3) is 0.364. The van der Waals surface area contributed by atoms with Gasteiger partial charge in [-0.2, -0.15) is 0 Å². The van der Waals surface area contributed by atoms with E-state index in [4.69, 9.17) is 0 Å². The number of hydrogen-bond donors (Lipinski definition) is 1. The first kappa shape index (κ1) is 11.4. The summed E-state index contributed by atoms with van der Waals surface area (Å²) in [4.78, 5) is 11.4. The van der Waals surface area contributed by atoms with Gasteiger partial charge in [-0.05, 0) is 24.1 Å². The van der Waals surface area contributed by atoms with Crippen molar-refractivity contribution in [3.8, 4) is 0 Å². The lowest BCUT2D eigenvalue weighted by molar-refractivity contribution is -0.126. The number of aliphatic hydroxyl groups excluding tert-OH is 1. The first-order valence-electron chi connectivity index (χ1n) is 4.58. The van der Waals surface area contributed by atoms with Crippen LogP contribution < -0.4 is 0 Å². The van der Waals surface area contributed by atoms with Gasteiger partial charge in [0.15, 0.2) is 5.78 Å². The molecule has 3 heteroatoms. The van der Waals surface area contributed by atoms with Crippen molar-refractivity contribution in [3.63, 3.8) is 0 Å². The number of ketones is 1. The van der Waals surface area contributed by atoms with Crippen LogP contribution >= 0.6 is 15.9 Å². The van der Waals surface area contributed by atoms with Crippen molar-refractivity contribution < 1.29 is 9.90 Å². The standard InChI is InChI=1S/C11H13BrO2/c1-2-10(13)11(14)7-8-3-5-9(12)6-4-8/h3-6,10,13H,2,7H2,1H3. The van der Waals surface area contributed by atoms with E-state index in [0.717, 1.165) is 10.0 Å². The molecule has 14 heavy (non-hydrogen) atoms. The molecule has 1 N–H and O–H groups in total. The average Bonchev–Trinajstić information content (AvgIpc) is 2.20. The van der Waals surface area contributed by atoms with E-state index in [-0.39, 0.29) is 5.78 Å². The molecule has 0 aromatic heterocycles. The number of halogens is 1. The van der Waals surface area contributed by atoms with Gasteiger partial charge < -0.3 is 5.11 Å². The number of Topliss-reactive ketones (excluding diaryl/α,β-unsaturated/α-hetero) is 1. The molecule has 0 spiro atoms. The third-order valence-corrected chi connectivity index (χ3v) is 2.58. The second-order valence-electron chi connectivity index (χ2n) is 3.19. The molecule has 0 aliphatic heterocycles. The van der Waals surface area contributed by atoms with Crippen LogP contribution in [0.2, 0.25) is 0 Å². The molecule has 0 aliphatic rings. The highest BCUT2D eigenvalue weighted by Crippen LogP contribution is 2.11. The van der Waals surface area contributed by atoms with Crippen molar-refractivity contribution in [3.05, 3.63) is 34.3 Å². The van der Waals surface area contributed by atoms with E-state index in [1.54, 1.807) is 6.92 Å². The molecule has 0 heterocycles. The third kappa shape index (κ3) is 3.24. The SMILES string of the molecule is CCC(O)C(=O)Cc1ccc(Br)cc1. The van der Waals surface area contributed by atoms with Gasteiger partial charge in [-0.3, -0.25) is 4.79 Å². The van der Waals surface area contributed by atoms with Crippen LogP contribution in [0.4, 0.5) is 0 Å². The summed E-state index contributed by atoms with van der Waals surface area (Å²) in [6.45, 7) is 1.80. The quantitative estimate of drug-likeness (QED) is 0.898. The Morgan fingerprint density at radius 1 is 1.43 bits per heavy atom. The molecule has 1 aromatic rings. The molecule has 1 atom stereocenters. The number of hydrogen-bond acceptors (Lipinski definition) is 2. The molecular weight excluding hydrogens is 244 g/mol. The predicted octanol–water partition coefficient (Wildman–Crippen LogP) is 2.33. The Balaban J connectivity index is 2.60. The van der Waals surface area contributed by atoms with Crippen LogP contribution in [0.15, 0.2) is 28.7 Å². The van der Waals surface area contributed by atoms with Crippen LogP contribution in [0.1, 0.15) is 18.9 Å². The molecule has 2 nitrogen and oxygen atoms in total. The van der Waals surface area contributed by atoms with Crippen LogP contribution in [0.3, 0.4) is 0 Å². The molecule has 76 valence electrons. The van der Waals surface area contributed by atoms with Gasteiger partial charge in [0.2, 0.25) is 0 Å². The number of carbonyl (C=O) groups is 1. The highest BCUT2D eigenvalue weighted by Gasteiger charge is 2.12. The highest BCUT2D eigenvalue weighted by atomic mass is 79.9. The van der Waals surface area contributed by atoms with Gasteiger partial charge in [-0.25, -0.2) is 0 Å². The average molecular weight is 257 g/mol. The summed E-state index contributed by atoms with van der Waals surface area (Å²) in [6.07, 6.45) is -0.0314. The Bertz CT molecular complexity index is 306. The lowest BCUT2D eigenvalue weighted by Crippen LogP contribution is -2.21. The van der Waals surface area contributed by atoms with Crippen LogP contribution in [0.5, 0.6) is 0 Å². The fourth-order valence-corrected chi connectivity index (χ4v) is 1.41. The fourth-order valence-electron chi connectivity index (χ4n) is 1.15. The number of rotatable bonds is 4. The Hall–Kier alpha value is -0.670. The van der Waals surface area contributed by atoms with Gasteiger partial charge >= 0.3 is 0 Å². The molecular formula is C11H13BrO2. The van der Waals surface area contributed by atoms with Gasteiger partial charge in [0.05, 0.1) is 0 Å². The van der Waals surface area contributed by atoms with Crippen LogP contribution in [-0.2, 0) is 11.2 Å². The largest absolute Gasteiger partial charge is 0.385 e. The molecule has 0 fully saturated rings. The summed E-state index contributed by atoms with van der Waals surface area (Å²) < 4.78 is 0.990. The summed E-state index contributed by atoms with van der Waals surface area (Å²) in [5.41, 5.74) is 0.936. The van der Waals surface area contributed by atoms with E-state index >= 15 is 0 Å². The summed E-state index contributed by atoms with van der Waals surface area (Å²) in [7, 11) is 0. The molecule has 1 unspecified atom stereocenters. The highest BCUT2D eigenvalue weighted by molar-refractivity contribution is 9.10. The Morgan fingerprint density at radius 3 is 2.50 bits per heavy atom. The topological polar surface area (TPSA) is 37.3 Å². The number of aliphatic hydroxyl groups is 1. The monoisotopic (exact) mass is 256 g/mol. The number of benzene rings is 1. The molecule has 0 amide bonds. The van der Waals surface area contributed by atoms with Gasteiger partial charge in [0.1, 0.15) is 6.10 Å². The first-order valence-corrected chi connectivity index (χ1v) is 5.38. The molecule has 0 bridgehead atoms. The molecule has 0 saturated heterocycles. The maximum absolute atomic E-state index is 11.4. The van der Waals surface area contributed by atoms with E-state index in [2.05, 4.69) is 15.9 Å². The lowest BCUT2D eigenvalue weighted by Gasteiger charge is -2.06. The Morgan fingerprint density at radius 2 is 2.00 bits per heavy atom. The van der Waals surface area contributed by atoms with Crippen molar-refractivity contribution in [1.82, 2.24) is 0 Å². The maximum atomic E-state index is 11.4. The molecule has 0 saturated carbocycles. The minimum Gasteiger partial charge on any atom is -0.385 e. The predicted molar refractivity (Wildman–Crippen MR) is 59.2 cm³/mol. The van der Waals surface area contributed by atoms with E-state index in [0.29, 0.717) is 12.8 Å². The lowest BCUT2D eigenvalue weighted by atomic mass is 10.0. The Kier molecular flexibility index (Phi) is 4.29. The zero-order valence-corrected chi connectivity index (χ0v) is 9.62. The molecule has 1 rings (SSSR count). The molecule has 0 radical (unpaired) electrons. The second kappa shape index (κ2) is 5.27. The summed E-state index contributed by atoms with van der Waals surface area (Å²) >= 11 is 3.32. The smallest absolute Gasteiger partial charge is 0.165 e. The van der Waals surface area contributed by atoms with E-state index in [9.17, 15) is 9.90 Å². The van der Waals surface area contributed by atoms with E-state index in [1.807, 2.05) is 24.3 Å². The van der Waals surface area contributed by atoms with Gasteiger partial charge in [0.25, 0.3) is 0 Å². The zero-order valence-electron chi connectivity index (χ0n) is 8.03. The van der Waals surface area contributed by atoms with Gasteiger partial charge in [0, 0.05) is 10.9 Å². The minimum atomic E-state index is -0.821. The zero-order chi connectivity index (χ0) is 10.6. The first-order chi connectivity index (χ1) is 6.63. The summed E-state index contributed by atoms with van der Waals surface area (Å²) in [6, 6.07) is 7.54. The van der Waals surface area contributed by atoms with Crippen LogP contribution in [0.25, 0.3) is 0 Å². The van der Waals surface area contributed by atoms with Gasteiger partial charge in [-0.1, -0.05) is 35.0 Å². The van der Waals surface area contributed by atoms with Crippen molar-refractivity contribution in [1.29, 1.82) is 0 Å². The normalized spacial score (nSPS) is 12.5. The van der Waals surface area contributed by atoms with Crippen LogP contribution in [0, 0.1) is 0 Å². The Labute approximate surface area is 92.1 Å². The van der Waals surface area contributed by atoms with Crippen molar-refractivity contribution >= 4 is 21.7 Å². The summed E-state index contributed by atoms with van der Waals surface area (Å²) in [5, 5.41) is 9.28. The minimum absolute atomic E-state index is 0.116. The third-order valence-electron chi connectivity index (χ3n) is 2.05. The van der Waals surface area contributed by atoms with Crippen molar-refractivity contribution in [2.45, 2.75) is 25.9 Å². The van der Waals surface area contributed by atoms with E-state index < -0.39 is 6.10 Å². The second-order valence-corrected chi connectivity index (χ2v) is 4.11. The molecule has 1 aromatic carbocycles. The van der Waals surface area contributed by atoms with Gasteiger partial charge in [-0.15, -0.1) is 0 Å². The van der Waals surface area contributed by atoms with E-state index in [1.165, 1.54) is 0 Å². The van der Waals surface area contributed by atoms with Crippen molar-refractivity contribution in [2.75, 3.05) is 0 Å². The van der Waals surface area contributed by atoms with Crippen LogP contribution in [-0.4, -0.2) is 17.0 Å². The van der Waals surface area contributed by atoms with Crippen molar-refractivity contribution in [2.24, 2.45) is 0 Å².